The number of aliphatic hydroxyl groups excluding tert-OH is 1. The van der Waals surface area contributed by atoms with Gasteiger partial charge in [-0.15, -0.1) is 0 Å². The van der Waals surface area contributed by atoms with Crippen molar-refractivity contribution in [2.24, 2.45) is 11.8 Å². The van der Waals surface area contributed by atoms with Gasteiger partial charge in [0.25, 0.3) is 10.1 Å². The molecule has 8 rings (SSSR count). The molecule has 5 N–H and O–H groups in total. The molecular formula is C39H48N10O4S. The van der Waals surface area contributed by atoms with Crippen LogP contribution in [0.15, 0.2) is 73.6 Å². The van der Waals surface area contributed by atoms with Crippen LogP contribution in [0.5, 0.6) is 0 Å². The van der Waals surface area contributed by atoms with E-state index in [1.807, 2.05) is 48.8 Å². The maximum Gasteiger partial charge on any atom is 0.264 e. The summed E-state index contributed by atoms with van der Waals surface area (Å²) >= 11 is 0. The van der Waals surface area contributed by atoms with Gasteiger partial charge in [0, 0.05) is 77.8 Å². The summed E-state index contributed by atoms with van der Waals surface area (Å²) in [7, 11) is -3.35. The zero-order valence-corrected chi connectivity index (χ0v) is 31.3. The van der Waals surface area contributed by atoms with Crippen LogP contribution in [0.3, 0.4) is 0 Å². The van der Waals surface area contributed by atoms with Gasteiger partial charge in [-0.2, -0.15) is 8.42 Å². The number of rotatable bonds is 12. The lowest BCUT2D eigenvalue weighted by molar-refractivity contribution is 0.225. The number of anilines is 2. The Morgan fingerprint density at radius 2 is 1.17 bits per heavy atom. The van der Waals surface area contributed by atoms with Gasteiger partial charge in [-0.05, 0) is 112 Å². The van der Waals surface area contributed by atoms with E-state index in [2.05, 4.69) is 40.5 Å². The van der Waals surface area contributed by atoms with Crippen molar-refractivity contribution >= 4 is 44.1 Å². The van der Waals surface area contributed by atoms with E-state index in [9.17, 15) is 8.42 Å². The minimum Gasteiger partial charge on any atom is -0.396 e. The van der Waals surface area contributed by atoms with Gasteiger partial charge < -0.3 is 25.7 Å². The lowest BCUT2D eigenvalue weighted by Crippen LogP contribution is -2.27. The number of hydrogen-bond donors (Lipinski definition) is 5. The summed E-state index contributed by atoms with van der Waals surface area (Å²) in [6.45, 7) is 0.569. The first-order chi connectivity index (χ1) is 26.3. The van der Waals surface area contributed by atoms with Crippen molar-refractivity contribution in [2.45, 2.75) is 76.3 Å². The molecule has 0 amide bonds. The van der Waals surface area contributed by atoms with E-state index in [0.717, 1.165) is 115 Å². The second-order valence-corrected chi connectivity index (χ2v) is 15.9. The molecule has 2 saturated carbocycles. The molecule has 2 fully saturated rings. The van der Waals surface area contributed by atoms with Crippen LogP contribution in [0.4, 0.5) is 11.9 Å². The normalized spacial score (nSPS) is 20.3. The molecule has 0 bridgehead atoms. The van der Waals surface area contributed by atoms with Gasteiger partial charge in [-0.25, -0.2) is 29.9 Å². The van der Waals surface area contributed by atoms with Crippen molar-refractivity contribution < 1.29 is 17.7 Å². The SMILES string of the molecule is CS(=O)(=O)OCCC1CCC(Nc2nccc(-c3c[nH]c4ncccc34)n2)CC1.OCCC1CCC(Nc2nccc(-c3c[nH]c4ncccc34)n2)CC1. The van der Waals surface area contributed by atoms with Crippen molar-refractivity contribution in [3.05, 3.63) is 73.6 Å². The van der Waals surface area contributed by atoms with E-state index in [4.69, 9.17) is 19.3 Å². The average Bonchev–Trinajstić information content (AvgIpc) is 3.82. The molecule has 0 aromatic carbocycles. The number of aliphatic hydroxyl groups is 1. The predicted molar refractivity (Wildman–Crippen MR) is 210 cm³/mol. The van der Waals surface area contributed by atoms with Crippen LogP contribution < -0.4 is 10.6 Å². The zero-order chi connectivity index (χ0) is 37.3. The van der Waals surface area contributed by atoms with Gasteiger partial charge in [0.05, 0.1) is 24.3 Å². The molecule has 0 aliphatic heterocycles. The van der Waals surface area contributed by atoms with Gasteiger partial charge in [-0.3, -0.25) is 4.18 Å². The predicted octanol–water partition coefficient (Wildman–Crippen LogP) is 6.73. The molecule has 0 atom stereocenters. The highest BCUT2D eigenvalue weighted by Crippen LogP contribution is 2.31. The topological polar surface area (TPSA) is 197 Å². The first-order valence-electron chi connectivity index (χ1n) is 18.8. The molecule has 0 saturated heterocycles. The number of fused-ring (bicyclic) bond motifs is 2. The minimum absolute atomic E-state index is 0.270. The number of hydrogen-bond acceptors (Lipinski definition) is 12. The van der Waals surface area contributed by atoms with Crippen molar-refractivity contribution in [2.75, 3.05) is 30.1 Å². The van der Waals surface area contributed by atoms with Crippen LogP contribution in [0.2, 0.25) is 0 Å². The molecule has 6 heterocycles. The van der Waals surface area contributed by atoms with E-state index in [1.54, 1.807) is 24.8 Å². The van der Waals surface area contributed by atoms with Gasteiger partial charge >= 0.3 is 0 Å². The highest BCUT2D eigenvalue weighted by molar-refractivity contribution is 7.85. The Labute approximate surface area is 315 Å². The molecule has 6 aromatic rings. The van der Waals surface area contributed by atoms with Crippen molar-refractivity contribution in [3.63, 3.8) is 0 Å². The fraction of sp³-hybridized carbons (Fsp3) is 0.436. The molecule has 6 aromatic heterocycles. The molecule has 54 heavy (non-hydrogen) atoms. The van der Waals surface area contributed by atoms with Crippen LogP contribution in [0.1, 0.15) is 64.2 Å². The fourth-order valence-corrected chi connectivity index (χ4v) is 8.00. The van der Waals surface area contributed by atoms with Crippen molar-refractivity contribution in [1.29, 1.82) is 0 Å². The molecule has 2 aliphatic carbocycles. The summed E-state index contributed by atoms with van der Waals surface area (Å²) in [5.74, 6) is 2.47. The molecule has 2 aliphatic rings. The molecule has 0 radical (unpaired) electrons. The molecule has 14 nitrogen and oxygen atoms in total. The second kappa shape index (κ2) is 17.4. The molecule has 15 heteroatoms. The summed E-state index contributed by atoms with van der Waals surface area (Å²) < 4.78 is 27.0. The van der Waals surface area contributed by atoms with Crippen molar-refractivity contribution in [3.8, 4) is 22.5 Å². The van der Waals surface area contributed by atoms with Gasteiger partial charge in [0.2, 0.25) is 11.9 Å². The third kappa shape index (κ3) is 9.75. The molecule has 0 spiro atoms. The third-order valence-electron chi connectivity index (χ3n) is 10.5. The molecule has 284 valence electrons. The zero-order valence-electron chi connectivity index (χ0n) is 30.5. The Morgan fingerprint density at radius 3 is 1.63 bits per heavy atom. The summed E-state index contributed by atoms with van der Waals surface area (Å²) in [5, 5.41) is 18.1. The smallest absolute Gasteiger partial charge is 0.264 e. The number of H-pyrrole nitrogens is 2. The van der Waals surface area contributed by atoms with E-state index in [1.165, 1.54) is 0 Å². The fourth-order valence-electron chi connectivity index (χ4n) is 7.60. The lowest BCUT2D eigenvalue weighted by atomic mass is 9.84. The summed E-state index contributed by atoms with van der Waals surface area (Å²) in [6.07, 6.45) is 22.4. The number of nitrogens with zero attached hydrogens (tertiary/aromatic N) is 6. The Kier molecular flexibility index (Phi) is 12.1. The van der Waals surface area contributed by atoms with Crippen molar-refractivity contribution in [1.82, 2.24) is 39.9 Å². The standard InChI is InChI=1S/C20H25N5O3S.C19H23N5O/c1-29(26,27)28-12-9-14-4-6-15(7-5-14)24-20-22-11-8-18(25-20)17-13-23-19-16(17)3-2-10-21-19;25-11-8-13-3-5-14(6-4-13)23-19-21-10-7-17(24-19)16-12-22-18-15(16)2-1-9-20-18/h2-3,8,10-11,13-15H,4-7,9,12H2,1H3,(H,21,23)(H,22,24,25);1-2,7,9-10,12-14,25H,3-6,8,11H2,(H,20,22)(H,21,23,24). The number of nitrogens with one attached hydrogen (secondary N) is 4. The first kappa shape index (κ1) is 37.3. The van der Waals surface area contributed by atoms with Crippen LogP contribution >= 0.6 is 0 Å². The van der Waals surface area contributed by atoms with Crippen LogP contribution in [-0.4, -0.2) is 84.9 Å². The maximum atomic E-state index is 11.1. The summed E-state index contributed by atoms with van der Waals surface area (Å²) in [4.78, 5) is 33.2. The number of aromatic amines is 2. The highest BCUT2D eigenvalue weighted by atomic mass is 32.2. The van der Waals surface area contributed by atoms with E-state index >= 15 is 0 Å². The van der Waals surface area contributed by atoms with E-state index < -0.39 is 10.1 Å². The maximum absolute atomic E-state index is 11.1. The largest absolute Gasteiger partial charge is 0.396 e. The summed E-state index contributed by atoms with van der Waals surface area (Å²) in [6, 6.07) is 12.5. The Balaban J connectivity index is 0.000000168. The Morgan fingerprint density at radius 1 is 0.685 bits per heavy atom. The quantitative estimate of drug-likeness (QED) is 0.0828. The van der Waals surface area contributed by atoms with Gasteiger partial charge in [-0.1, -0.05) is 0 Å². The summed E-state index contributed by atoms with van der Waals surface area (Å²) in [5.41, 5.74) is 5.51. The highest BCUT2D eigenvalue weighted by Gasteiger charge is 2.23. The molecule has 0 unspecified atom stereocenters. The van der Waals surface area contributed by atoms with Crippen LogP contribution in [-0.2, 0) is 14.3 Å². The van der Waals surface area contributed by atoms with E-state index in [0.29, 0.717) is 42.4 Å². The van der Waals surface area contributed by atoms with Gasteiger partial charge in [0.15, 0.2) is 0 Å². The van der Waals surface area contributed by atoms with E-state index in [-0.39, 0.29) is 6.61 Å². The number of aromatic nitrogens is 8. The Hall–Kier alpha value is -4.99. The minimum atomic E-state index is -3.35. The molecular weight excluding hydrogens is 705 g/mol. The van der Waals surface area contributed by atoms with Crippen LogP contribution in [0, 0.1) is 11.8 Å². The third-order valence-corrected chi connectivity index (χ3v) is 11.1. The van der Waals surface area contributed by atoms with Crippen LogP contribution in [0.25, 0.3) is 44.6 Å². The average molecular weight is 753 g/mol. The lowest BCUT2D eigenvalue weighted by Gasteiger charge is -2.29. The monoisotopic (exact) mass is 752 g/mol. The number of pyridine rings is 2. The Bertz CT molecular complexity index is 2230. The second-order valence-electron chi connectivity index (χ2n) is 14.3. The first-order valence-corrected chi connectivity index (χ1v) is 20.6. The van der Waals surface area contributed by atoms with Gasteiger partial charge in [0.1, 0.15) is 11.3 Å².